The number of carbonyl (C=O) groups excluding carboxylic acids is 1. The Labute approximate surface area is 110 Å². The molecule has 0 radical (unpaired) electrons. The number of amides is 1. The molecule has 0 aromatic heterocycles. The first-order valence-corrected chi connectivity index (χ1v) is 7.29. The van der Waals surface area contributed by atoms with Crippen LogP contribution in [-0.2, 0) is 9.53 Å². The molecule has 1 heterocycles. The van der Waals surface area contributed by atoms with Gasteiger partial charge in [-0.05, 0) is 38.0 Å². The smallest absolute Gasteiger partial charge is 0.230 e. The molecule has 1 saturated carbocycles. The van der Waals surface area contributed by atoms with E-state index in [0.29, 0.717) is 19.8 Å². The van der Waals surface area contributed by atoms with E-state index in [9.17, 15) is 4.79 Å². The Kier molecular flexibility index (Phi) is 4.62. The summed E-state index contributed by atoms with van der Waals surface area (Å²) in [6, 6.07) is 0. The minimum Gasteiger partial charge on any atom is -0.381 e. The maximum atomic E-state index is 12.8. The molecule has 1 saturated heterocycles. The monoisotopic (exact) mass is 254 g/mol. The summed E-state index contributed by atoms with van der Waals surface area (Å²) in [4.78, 5) is 14.9. The van der Waals surface area contributed by atoms with Gasteiger partial charge in [-0.2, -0.15) is 0 Å². The lowest BCUT2D eigenvalue weighted by molar-refractivity contribution is -0.147. The lowest BCUT2D eigenvalue weighted by Gasteiger charge is -2.39. The predicted octanol–water partition coefficient (Wildman–Crippen LogP) is 1.39. The van der Waals surface area contributed by atoms with Gasteiger partial charge in [0, 0.05) is 32.8 Å². The topological polar surface area (TPSA) is 55.6 Å². The van der Waals surface area contributed by atoms with E-state index in [-0.39, 0.29) is 11.3 Å². The molecule has 2 aliphatic rings. The Balaban J connectivity index is 2.03. The van der Waals surface area contributed by atoms with E-state index in [1.165, 1.54) is 12.8 Å². The molecule has 0 aromatic carbocycles. The van der Waals surface area contributed by atoms with Crippen LogP contribution in [0.15, 0.2) is 0 Å². The second-order valence-corrected chi connectivity index (χ2v) is 5.79. The molecule has 2 rings (SSSR count). The predicted molar refractivity (Wildman–Crippen MR) is 71.1 cm³/mol. The first-order chi connectivity index (χ1) is 8.72. The molecule has 4 heteroatoms. The second-order valence-electron chi connectivity index (χ2n) is 5.79. The Morgan fingerprint density at radius 2 is 2.06 bits per heavy atom. The molecule has 4 nitrogen and oxygen atoms in total. The Morgan fingerprint density at radius 1 is 1.39 bits per heavy atom. The number of nitrogens with zero attached hydrogens (tertiary/aromatic N) is 1. The maximum absolute atomic E-state index is 12.8. The number of carbonyl (C=O) groups is 1. The summed E-state index contributed by atoms with van der Waals surface area (Å²) in [5, 5.41) is 0. The molecule has 2 fully saturated rings. The van der Waals surface area contributed by atoms with Crippen LogP contribution >= 0.6 is 0 Å². The summed E-state index contributed by atoms with van der Waals surface area (Å²) in [6.07, 6.45) is 5.16. The average Bonchev–Trinajstić information content (AvgIpc) is 3.22. The Morgan fingerprint density at radius 3 is 2.56 bits per heavy atom. The van der Waals surface area contributed by atoms with Crippen LogP contribution in [0.5, 0.6) is 0 Å². The Hall–Kier alpha value is -0.610. The van der Waals surface area contributed by atoms with Crippen molar-refractivity contribution in [3.63, 3.8) is 0 Å². The second kappa shape index (κ2) is 6.02. The summed E-state index contributed by atoms with van der Waals surface area (Å²) in [5.41, 5.74) is 5.57. The van der Waals surface area contributed by atoms with Gasteiger partial charge in [0.25, 0.3) is 0 Å². The standard InChI is InChI=1S/C14H26N2O2/c1-2-7-16(10-12-3-4-12)13(17)14(11-15)5-8-18-9-6-14/h12H,2-11,15H2,1H3. The highest BCUT2D eigenvalue weighted by molar-refractivity contribution is 5.83. The van der Waals surface area contributed by atoms with Gasteiger partial charge in [-0.3, -0.25) is 4.79 Å². The van der Waals surface area contributed by atoms with Gasteiger partial charge in [0.15, 0.2) is 0 Å². The fourth-order valence-corrected chi connectivity index (χ4v) is 2.76. The van der Waals surface area contributed by atoms with Crippen LogP contribution in [0.3, 0.4) is 0 Å². The molecule has 2 N–H and O–H groups in total. The van der Waals surface area contributed by atoms with Gasteiger partial charge in [0.05, 0.1) is 5.41 Å². The van der Waals surface area contributed by atoms with E-state index in [1.54, 1.807) is 0 Å². The molecule has 0 aromatic rings. The van der Waals surface area contributed by atoms with Crippen molar-refractivity contribution < 1.29 is 9.53 Å². The molecule has 1 aliphatic heterocycles. The van der Waals surface area contributed by atoms with Crippen LogP contribution in [0, 0.1) is 11.3 Å². The molecule has 0 bridgehead atoms. The highest BCUT2D eigenvalue weighted by Crippen LogP contribution is 2.35. The van der Waals surface area contributed by atoms with Crippen LogP contribution in [-0.4, -0.2) is 43.7 Å². The number of hydrogen-bond acceptors (Lipinski definition) is 3. The molecule has 0 unspecified atom stereocenters. The minimum absolute atomic E-state index is 0.280. The van der Waals surface area contributed by atoms with Crippen LogP contribution in [0.2, 0.25) is 0 Å². The van der Waals surface area contributed by atoms with E-state index in [2.05, 4.69) is 11.8 Å². The summed E-state index contributed by atoms with van der Waals surface area (Å²) in [5.74, 6) is 1.03. The summed E-state index contributed by atoms with van der Waals surface area (Å²) >= 11 is 0. The summed E-state index contributed by atoms with van der Waals surface area (Å²) in [6.45, 7) is 5.75. The zero-order chi connectivity index (χ0) is 13.0. The first kappa shape index (κ1) is 13.8. The van der Waals surface area contributed by atoms with Gasteiger partial charge in [-0.15, -0.1) is 0 Å². The van der Waals surface area contributed by atoms with Crippen molar-refractivity contribution in [3.05, 3.63) is 0 Å². The van der Waals surface area contributed by atoms with Gasteiger partial charge in [0.2, 0.25) is 5.91 Å². The molecule has 104 valence electrons. The Bertz CT molecular complexity index is 284. The van der Waals surface area contributed by atoms with Crippen molar-refractivity contribution in [2.24, 2.45) is 17.1 Å². The molecule has 0 spiro atoms. The van der Waals surface area contributed by atoms with E-state index in [4.69, 9.17) is 10.5 Å². The van der Waals surface area contributed by atoms with Gasteiger partial charge in [0.1, 0.15) is 0 Å². The van der Waals surface area contributed by atoms with Gasteiger partial charge >= 0.3 is 0 Å². The first-order valence-electron chi connectivity index (χ1n) is 7.29. The highest BCUT2D eigenvalue weighted by atomic mass is 16.5. The van der Waals surface area contributed by atoms with E-state index >= 15 is 0 Å². The number of rotatable bonds is 6. The largest absolute Gasteiger partial charge is 0.381 e. The van der Waals surface area contributed by atoms with Crippen LogP contribution in [0.1, 0.15) is 39.0 Å². The van der Waals surface area contributed by atoms with Crippen molar-refractivity contribution in [1.82, 2.24) is 4.90 Å². The van der Waals surface area contributed by atoms with Crippen LogP contribution < -0.4 is 5.73 Å². The molecule has 0 atom stereocenters. The molecule has 1 aliphatic carbocycles. The van der Waals surface area contributed by atoms with Crippen LogP contribution in [0.25, 0.3) is 0 Å². The zero-order valence-corrected chi connectivity index (χ0v) is 11.5. The summed E-state index contributed by atoms with van der Waals surface area (Å²) in [7, 11) is 0. The molecule has 18 heavy (non-hydrogen) atoms. The SMILES string of the molecule is CCCN(CC1CC1)C(=O)C1(CN)CCOCC1. The molecular formula is C14H26N2O2. The van der Waals surface area contributed by atoms with Crippen molar-refractivity contribution >= 4 is 5.91 Å². The van der Waals surface area contributed by atoms with E-state index < -0.39 is 0 Å². The number of nitrogens with two attached hydrogens (primary N) is 1. The van der Waals surface area contributed by atoms with E-state index in [1.807, 2.05) is 0 Å². The normalized spacial score (nSPS) is 22.8. The third kappa shape index (κ3) is 3.04. The highest BCUT2D eigenvalue weighted by Gasteiger charge is 2.42. The minimum atomic E-state index is -0.345. The van der Waals surface area contributed by atoms with Gasteiger partial charge in [-0.25, -0.2) is 0 Å². The van der Waals surface area contributed by atoms with E-state index in [0.717, 1.165) is 38.3 Å². The molecular weight excluding hydrogens is 228 g/mol. The third-order valence-electron chi connectivity index (χ3n) is 4.25. The fourth-order valence-electron chi connectivity index (χ4n) is 2.76. The lowest BCUT2D eigenvalue weighted by Crippen LogP contribution is -2.51. The van der Waals surface area contributed by atoms with Crippen molar-refractivity contribution in [1.29, 1.82) is 0 Å². The van der Waals surface area contributed by atoms with Crippen molar-refractivity contribution in [2.45, 2.75) is 39.0 Å². The van der Waals surface area contributed by atoms with Crippen LogP contribution in [0.4, 0.5) is 0 Å². The fraction of sp³-hybridized carbons (Fsp3) is 0.929. The number of hydrogen-bond donors (Lipinski definition) is 1. The van der Waals surface area contributed by atoms with Crippen molar-refractivity contribution in [3.8, 4) is 0 Å². The molecule has 1 amide bonds. The average molecular weight is 254 g/mol. The quantitative estimate of drug-likeness (QED) is 0.779. The zero-order valence-electron chi connectivity index (χ0n) is 11.5. The number of ether oxygens (including phenoxy) is 1. The van der Waals surface area contributed by atoms with Gasteiger partial charge < -0.3 is 15.4 Å². The maximum Gasteiger partial charge on any atom is 0.230 e. The summed E-state index contributed by atoms with van der Waals surface area (Å²) < 4.78 is 5.38. The van der Waals surface area contributed by atoms with Crippen molar-refractivity contribution in [2.75, 3.05) is 32.8 Å². The third-order valence-corrected chi connectivity index (χ3v) is 4.25. The van der Waals surface area contributed by atoms with Gasteiger partial charge in [-0.1, -0.05) is 6.92 Å². The lowest BCUT2D eigenvalue weighted by atomic mass is 9.78.